The summed E-state index contributed by atoms with van der Waals surface area (Å²) in [4.78, 5) is 17.1. The normalized spacial score (nSPS) is 15.7. The number of fused-ring (bicyclic) bond motifs is 1. The molecule has 1 heterocycles. The molecular formula is C18H20N2O3S. The van der Waals surface area contributed by atoms with Crippen LogP contribution in [0.3, 0.4) is 0 Å². The van der Waals surface area contributed by atoms with Gasteiger partial charge in [-0.1, -0.05) is 18.2 Å². The Morgan fingerprint density at radius 1 is 1.00 bits per heavy atom. The van der Waals surface area contributed by atoms with E-state index < -0.39 is 9.84 Å². The topological polar surface area (TPSA) is 57.7 Å². The number of carbonyl (C=O) groups is 1. The van der Waals surface area contributed by atoms with Crippen LogP contribution >= 0.6 is 0 Å². The second-order valence-corrected chi connectivity index (χ2v) is 8.14. The monoisotopic (exact) mass is 344 g/mol. The molecule has 0 aromatic heterocycles. The molecule has 126 valence electrons. The fourth-order valence-corrected chi connectivity index (χ4v) is 3.51. The zero-order valence-electron chi connectivity index (χ0n) is 13.8. The maximum absolute atomic E-state index is 12.9. The maximum atomic E-state index is 12.9. The Morgan fingerprint density at radius 3 is 2.33 bits per heavy atom. The average molecular weight is 344 g/mol. The number of nitrogens with zero attached hydrogens (tertiary/aromatic N) is 2. The minimum Gasteiger partial charge on any atom is -0.307 e. The molecule has 0 unspecified atom stereocenters. The summed E-state index contributed by atoms with van der Waals surface area (Å²) in [5, 5.41) is 0. The van der Waals surface area contributed by atoms with Crippen LogP contribution in [0.15, 0.2) is 53.4 Å². The Labute approximate surface area is 142 Å². The Hall–Kier alpha value is -2.18. The second-order valence-electron chi connectivity index (χ2n) is 6.12. The van der Waals surface area contributed by atoms with Gasteiger partial charge in [0, 0.05) is 37.1 Å². The highest BCUT2D eigenvalue weighted by Gasteiger charge is 2.23. The molecular weight excluding hydrogens is 324 g/mol. The zero-order valence-corrected chi connectivity index (χ0v) is 14.6. The highest BCUT2D eigenvalue weighted by molar-refractivity contribution is 7.90. The third-order valence-electron chi connectivity index (χ3n) is 4.20. The molecule has 0 fully saturated rings. The van der Waals surface area contributed by atoms with Gasteiger partial charge in [0.2, 0.25) is 0 Å². The van der Waals surface area contributed by atoms with Crippen molar-refractivity contribution < 1.29 is 13.2 Å². The summed E-state index contributed by atoms with van der Waals surface area (Å²) in [6, 6.07) is 14.0. The van der Waals surface area contributed by atoms with Gasteiger partial charge in [-0.2, -0.15) is 0 Å². The molecule has 1 aliphatic rings. The first-order valence-corrected chi connectivity index (χ1v) is 9.64. The van der Waals surface area contributed by atoms with Crippen molar-refractivity contribution in [3.63, 3.8) is 0 Å². The summed E-state index contributed by atoms with van der Waals surface area (Å²) in [7, 11) is -1.23. The van der Waals surface area contributed by atoms with Gasteiger partial charge in [0.05, 0.1) is 4.90 Å². The van der Waals surface area contributed by atoms with E-state index in [2.05, 4.69) is 4.90 Å². The quantitative estimate of drug-likeness (QED) is 0.838. The molecule has 5 nitrogen and oxygen atoms in total. The highest BCUT2D eigenvalue weighted by Crippen LogP contribution is 2.26. The van der Waals surface area contributed by atoms with Gasteiger partial charge in [0.15, 0.2) is 9.84 Å². The van der Waals surface area contributed by atoms with E-state index in [9.17, 15) is 13.2 Å². The minimum atomic E-state index is -3.26. The number of likely N-dealkylation sites (N-methyl/N-ethyl adjacent to an activating group) is 1. The third kappa shape index (κ3) is 3.34. The van der Waals surface area contributed by atoms with Gasteiger partial charge in [-0.25, -0.2) is 8.42 Å². The van der Waals surface area contributed by atoms with Crippen LogP contribution in [0.2, 0.25) is 0 Å². The summed E-state index contributed by atoms with van der Waals surface area (Å²) in [6.07, 6.45) is 1.16. The molecule has 2 aromatic rings. The first-order valence-electron chi connectivity index (χ1n) is 7.75. The summed E-state index contributed by atoms with van der Waals surface area (Å²) in [6.45, 7) is 2.18. The molecule has 0 atom stereocenters. The Bertz CT molecular complexity index is 860. The zero-order chi connectivity index (χ0) is 17.3. The van der Waals surface area contributed by atoms with Crippen LogP contribution in [0.25, 0.3) is 0 Å². The number of rotatable bonds is 2. The van der Waals surface area contributed by atoms with E-state index in [0.29, 0.717) is 12.1 Å². The van der Waals surface area contributed by atoms with Crippen LogP contribution in [-0.2, 0) is 16.4 Å². The molecule has 0 spiro atoms. The largest absolute Gasteiger partial charge is 0.307 e. The summed E-state index contributed by atoms with van der Waals surface area (Å²) < 4.78 is 23.1. The van der Waals surface area contributed by atoms with Crippen molar-refractivity contribution in [2.45, 2.75) is 11.4 Å². The molecule has 0 bridgehead atoms. The molecule has 1 amide bonds. The Morgan fingerprint density at radius 2 is 1.67 bits per heavy atom. The number of anilines is 1. The van der Waals surface area contributed by atoms with Gasteiger partial charge in [-0.3, -0.25) is 4.79 Å². The minimum absolute atomic E-state index is 0.113. The van der Waals surface area contributed by atoms with Crippen molar-refractivity contribution in [1.29, 1.82) is 0 Å². The first kappa shape index (κ1) is 16.7. The van der Waals surface area contributed by atoms with Crippen molar-refractivity contribution >= 4 is 21.4 Å². The van der Waals surface area contributed by atoms with Crippen LogP contribution in [0.1, 0.15) is 15.9 Å². The number of benzene rings is 2. The van der Waals surface area contributed by atoms with Gasteiger partial charge in [-0.05, 0) is 42.9 Å². The molecule has 0 N–H and O–H groups in total. The molecule has 0 saturated heterocycles. The SMILES string of the molecule is CN1CCN(C(=O)c2ccc(S(C)(=O)=O)cc2)c2ccccc2C1. The van der Waals surface area contributed by atoms with Gasteiger partial charge in [-0.15, -0.1) is 0 Å². The van der Waals surface area contributed by atoms with E-state index >= 15 is 0 Å². The molecule has 1 aliphatic heterocycles. The van der Waals surface area contributed by atoms with Crippen LogP contribution in [0, 0.1) is 0 Å². The number of amides is 1. The van der Waals surface area contributed by atoms with E-state index in [4.69, 9.17) is 0 Å². The van der Waals surface area contributed by atoms with E-state index in [0.717, 1.165) is 30.6 Å². The summed E-state index contributed by atoms with van der Waals surface area (Å²) in [5.41, 5.74) is 2.51. The molecule has 0 radical (unpaired) electrons. The van der Waals surface area contributed by atoms with Crippen LogP contribution < -0.4 is 4.90 Å². The third-order valence-corrected chi connectivity index (χ3v) is 5.33. The number of hydrogen-bond acceptors (Lipinski definition) is 4. The lowest BCUT2D eigenvalue weighted by Gasteiger charge is -2.22. The first-order chi connectivity index (χ1) is 11.4. The molecule has 2 aromatic carbocycles. The smallest absolute Gasteiger partial charge is 0.258 e. The van der Waals surface area contributed by atoms with E-state index in [1.54, 1.807) is 17.0 Å². The number of para-hydroxylation sites is 1. The lowest BCUT2D eigenvalue weighted by molar-refractivity contribution is 0.0986. The molecule has 0 aliphatic carbocycles. The van der Waals surface area contributed by atoms with Crippen molar-refractivity contribution in [3.8, 4) is 0 Å². The molecule has 0 saturated carbocycles. The van der Waals surface area contributed by atoms with E-state index in [1.165, 1.54) is 12.1 Å². The standard InChI is InChI=1S/C18H20N2O3S/c1-19-11-12-20(17-6-4-3-5-15(17)13-19)18(21)14-7-9-16(10-8-14)24(2,22)23/h3-10H,11-13H2,1-2H3. The van der Waals surface area contributed by atoms with Crippen molar-refractivity contribution in [2.24, 2.45) is 0 Å². The molecule has 24 heavy (non-hydrogen) atoms. The van der Waals surface area contributed by atoms with Crippen molar-refractivity contribution in [1.82, 2.24) is 4.90 Å². The predicted octanol–water partition coefficient (Wildman–Crippen LogP) is 2.18. The Kier molecular flexibility index (Phi) is 4.43. The van der Waals surface area contributed by atoms with Crippen LogP contribution in [0.4, 0.5) is 5.69 Å². The summed E-state index contributed by atoms with van der Waals surface area (Å²) >= 11 is 0. The second kappa shape index (κ2) is 6.37. The predicted molar refractivity (Wildman–Crippen MR) is 94.0 cm³/mol. The lowest BCUT2D eigenvalue weighted by atomic mass is 10.1. The van der Waals surface area contributed by atoms with Gasteiger partial charge >= 0.3 is 0 Å². The fourth-order valence-electron chi connectivity index (χ4n) is 2.88. The maximum Gasteiger partial charge on any atom is 0.258 e. The lowest BCUT2D eigenvalue weighted by Crippen LogP contribution is -2.35. The fraction of sp³-hybridized carbons (Fsp3) is 0.278. The van der Waals surface area contributed by atoms with E-state index in [-0.39, 0.29) is 10.8 Å². The highest BCUT2D eigenvalue weighted by atomic mass is 32.2. The van der Waals surface area contributed by atoms with Gasteiger partial charge in [0.1, 0.15) is 0 Å². The molecule has 3 rings (SSSR count). The number of sulfone groups is 1. The summed E-state index contributed by atoms with van der Waals surface area (Å²) in [5.74, 6) is -0.113. The van der Waals surface area contributed by atoms with Gasteiger partial charge < -0.3 is 9.80 Å². The Balaban J connectivity index is 1.95. The number of hydrogen-bond donors (Lipinski definition) is 0. The van der Waals surface area contributed by atoms with E-state index in [1.807, 2.05) is 31.3 Å². The van der Waals surface area contributed by atoms with Crippen LogP contribution in [-0.4, -0.2) is 45.6 Å². The molecule has 6 heteroatoms. The van der Waals surface area contributed by atoms with Crippen LogP contribution in [0.5, 0.6) is 0 Å². The number of carbonyl (C=O) groups excluding carboxylic acids is 1. The van der Waals surface area contributed by atoms with Crippen molar-refractivity contribution in [2.75, 3.05) is 31.3 Å². The van der Waals surface area contributed by atoms with Gasteiger partial charge in [0.25, 0.3) is 5.91 Å². The van der Waals surface area contributed by atoms with Crippen molar-refractivity contribution in [3.05, 3.63) is 59.7 Å². The average Bonchev–Trinajstić information content (AvgIpc) is 2.72.